The Hall–Kier alpha value is -1.10. The lowest BCUT2D eigenvalue weighted by molar-refractivity contribution is -0.149. The van der Waals surface area contributed by atoms with Gasteiger partial charge in [-0.3, -0.25) is 4.79 Å². The highest BCUT2D eigenvalue weighted by atomic mass is 16.4. The molecule has 0 radical (unpaired) electrons. The molecule has 94 valence electrons. The minimum Gasteiger partial charge on any atom is -0.480 e. The van der Waals surface area contributed by atoms with Crippen molar-refractivity contribution in [3.63, 3.8) is 0 Å². The number of carboxylic acids is 1. The average Bonchev–Trinajstić information content (AvgIpc) is 2.15. The van der Waals surface area contributed by atoms with Crippen molar-refractivity contribution in [1.29, 1.82) is 0 Å². The molecule has 0 rings (SSSR count). The predicted molar refractivity (Wildman–Crippen MR) is 61.9 cm³/mol. The summed E-state index contributed by atoms with van der Waals surface area (Å²) in [4.78, 5) is 23.9. The molecule has 0 fully saturated rings. The average molecular weight is 230 g/mol. The van der Waals surface area contributed by atoms with Crippen LogP contribution in [0.15, 0.2) is 0 Å². The van der Waals surface area contributed by atoms with E-state index >= 15 is 0 Å². The van der Waals surface area contributed by atoms with E-state index in [0.29, 0.717) is 18.8 Å². The molecule has 0 saturated heterocycles. The lowest BCUT2D eigenvalue weighted by atomic mass is 10.0. The molecule has 0 aliphatic carbocycles. The number of nitrogens with zero attached hydrogens (tertiary/aromatic N) is 1. The van der Waals surface area contributed by atoms with Gasteiger partial charge < -0.3 is 15.7 Å². The molecule has 0 aromatic heterocycles. The number of hydrogen-bond donors (Lipinski definition) is 2. The molecule has 0 bridgehead atoms. The predicted octanol–water partition coefficient (Wildman–Crippen LogP) is 0.681. The Morgan fingerprint density at radius 3 is 2.19 bits per heavy atom. The number of likely N-dealkylation sites (N-methyl/N-ethyl adjacent to an activating group) is 1. The van der Waals surface area contributed by atoms with Gasteiger partial charge in [0, 0.05) is 7.05 Å². The maximum Gasteiger partial charge on any atom is 0.326 e. The first-order chi connectivity index (χ1) is 7.31. The van der Waals surface area contributed by atoms with Gasteiger partial charge in [0.2, 0.25) is 5.91 Å². The first-order valence-corrected chi connectivity index (χ1v) is 5.56. The normalized spacial score (nSPS) is 14.6. The molecule has 0 aromatic carbocycles. The maximum atomic E-state index is 11.8. The van der Waals surface area contributed by atoms with Gasteiger partial charge in [-0.1, -0.05) is 20.8 Å². The van der Waals surface area contributed by atoms with Crippen LogP contribution in [0.3, 0.4) is 0 Å². The second kappa shape index (κ2) is 6.48. The van der Waals surface area contributed by atoms with E-state index < -0.39 is 18.1 Å². The van der Waals surface area contributed by atoms with Crippen LogP contribution in [0.1, 0.15) is 33.6 Å². The fourth-order valence-corrected chi connectivity index (χ4v) is 1.64. The highest BCUT2D eigenvalue weighted by Gasteiger charge is 2.28. The van der Waals surface area contributed by atoms with Crippen LogP contribution in [0.4, 0.5) is 0 Å². The van der Waals surface area contributed by atoms with Crippen molar-refractivity contribution in [3.8, 4) is 0 Å². The third kappa shape index (κ3) is 4.18. The van der Waals surface area contributed by atoms with Gasteiger partial charge in [0.25, 0.3) is 0 Å². The Labute approximate surface area is 96.6 Å². The maximum absolute atomic E-state index is 11.8. The Kier molecular flexibility index (Phi) is 6.03. The van der Waals surface area contributed by atoms with Crippen molar-refractivity contribution >= 4 is 11.9 Å². The fourth-order valence-electron chi connectivity index (χ4n) is 1.64. The molecule has 0 spiro atoms. The minimum atomic E-state index is -0.991. The van der Waals surface area contributed by atoms with E-state index in [-0.39, 0.29) is 5.91 Å². The Morgan fingerprint density at radius 1 is 1.38 bits per heavy atom. The van der Waals surface area contributed by atoms with E-state index in [1.807, 2.05) is 13.8 Å². The monoisotopic (exact) mass is 230 g/mol. The second-order valence-electron chi connectivity index (χ2n) is 4.45. The van der Waals surface area contributed by atoms with E-state index in [0.717, 1.165) is 0 Å². The number of carbonyl (C=O) groups excluding carboxylic acids is 1. The van der Waals surface area contributed by atoms with Gasteiger partial charge in [0.1, 0.15) is 6.04 Å². The molecular formula is C11H22N2O3. The smallest absolute Gasteiger partial charge is 0.326 e. The molecule has 2 atom stereocenters. The molecule has 5 nitrogen and oxygen atoms in total. The van der Waals surface area contributed by atoms with Crippen LogP contribution in [-0.2, 0) is 9.59 Å². The van der Waals surface area contributed by atoms with E-state index in [1.165, 1.54) is 11.9 Å². The molecule has 5 heteroatoms. The largest absolute Gasteiger partial charge is 0.480 e. The van der Waals surface area contributed by atoms with E-state index in [1.54, 1.807) is 6.92 Å². The zero-order valence-electron chi connectivity index (χ0n) is 10.4. The standard InChI is InChI=1S/C11H22N2O3/c1-5-9(11(15)16)13(4)10(14)8(12)6-7(2)3/h7-9H,5-6,12H2,1-4H3,(H,15,16)/t8-,9?/m0/s1. The first kappa shape index (κ1) is 14.9. The van der Waals surface area contributed by atoms with Gasteiger partial charge in [-0.25, -0.2) is 4.79 Å². The Morgan fingerprint density at radius 2 is 1.88 bits per heavy atom. The minimum absolute atomic E-state index is 0.303. The lowest BCUT2D eigenvalue weighted by Crippen LogP contribution is -2.49. The number of carboxylic acid groups (broad SMARTS) is 1. The van der Waals surface area contributed by atoms with Crippen LogP contribution in [0.2, 0.25) is 0 Å². The van der Waals surface area contributed by atoms with Crippen LogP contribution >= 0.6 is 0 Å². The van der Waals surface area contributed by atoms with Crippen LogP contribution in [0, 0.1) is 5.92 Å². The summed E-state index contributed by atoms with van der Waals surface area (Å²) < 4.78 is 0. The van der Waals surface area contributed by atoms with Crippen molar-refractivity contribution in [1.82, 2.24) is 4.90 Å². The van der Waals surface area contributed by atoms with Crippen LogP contribution in [0.5, 0.6) is 0 Å². The summed E-state index contributed by atoms with van der Waals surface area (Å²) in [7, 11) is 1.49. The number of rotatable bonds is 6. The Bertz CT molecular complexity index is 254. The van der Waals surface area contributed by atoms with Crippen molar-refractivity contribution in [2.24, 2.45) is 11.7 Å². The van der Waals surface area contributed by atoms with Crippen LogP contribution in [0.25, 0.3) is 0 Å². The van der Waals surface area contributed by atoms with Gasteiger partial charge in [0.05, 0.1) is 6.04 Å². The third-order valence-corrected chi connectivity index (χ3v) is 2.53. The summed E-state index contributed by atoms with van der Waals surface area (Å²) >= 11 is 0. The molecule has 0 saturated carbocycles. The summed E-state index contributed by atoms with van der Waals surface area (Å²) in [6.07, 6.45) is 0.950. The van der Waals surface area contributed by atoms with E-state index in [9.17, 15) is 9.59 Å². The van der Waals surface area contributed by atoms with Gasteiger partial charge >= 0.3 is 5.97 Å². The Balaban J connectivity index is 4.52. The molecule has 0 aromatic rings. The number of aliphatic carboxylic acids is 1. The molecule has 0 aliphatic heterocycles. The van der Waals surface area contributed by atoms with Gasteiger partial charge in [-0.15, -0.1) is 0 Å². The van der Waals surface area contributed by atoms with Crippen molar-refractivity contribution < 1.29 is 14.7 Å². The molecule has 16 heavy (non-hydrogen) atoms. The highest BCUT2D eigenvalue weighted by Crippen LogP contribution is 2.09. The molecular weight excluding hydrogens is 208 g/mol. The van der Waals surface area contributed by atoms with E-state index in [4.69, 9.17) is 10.8 Å². The molecule has 1 unspecified atom stereocenters. The van der Waals surface area contributed by atoms with Gasteiger partial charge in [0.15, 0.2) is 0 Å². The van der Waals surface area contributed by atoms with Crippen molar-refractivity contribution in [2.75, 3.05) is 7.05 Å². The molecule has 3 N–H and O–H groups in total. The van der Waals surface area contributed by atoms with Crippen LogP contribution < -0.4 is 5.73 Å². The summed E-state index contributed by atoms with van der Waals surface area (Å²) in [5, 5.41) is 8.92. The van der Waals surface area contributed by atoms with Crippen molar-refractivity contribution in [3.05, 3.63) is 0 Å². The van der Waals surface area contributed by atoms with Crippen molar-refractivity contribution in [2.45, 2.75) is 45.7 Å². The third-order valence-electron chi connectivity index (χ3n) is 2.53. The lowest BCUT2D eigenvalue weighted by Gasteiger charge is -2.27. The summed E-state index contributed by atoms with van der Waals surface area (Å²) in [5.41, 5.74) is 5.73. The topological polar surface area (TPSA) is 83.6 Å². The van der Waals surface area contributed by atoms with Crippen LogP contribution in [-0.4, -0.2) is 41.0 Å². The summed E-state index contributed by atoms with van der Waals surface area (Å²) in [5.74, 6) is -0.977. The molecule has 1 amide bonds. The molecule has 0 heterocycles. The number of carbonyl (C=O) groups is 2. The number of amides is 1. The molecule has 0 aliphatic rings. The van der Waals surface area contributed by atoms with E-state index in [2.05, 4.69) is 0 Å². The zero-order valence-corrected chi connectivity index (χ0v) is 10.4. The first-order valence-electron chi connectivity index (χ1n) is 5.56. The van der Waals surface area contributed by atoms with Gasteiger partial charge in [-0.05, 0) is 18.8 Å². The summed E-state index contributed by atoms with van der Waals surface area (Å²) in [6.45, 7) is 5.68. The SMILES string of the molecule is CCC(C(=O)O)N(C)C(=O)[C@@H](N)CC(C)C. The number of nitrogens with two attached hydrogens (primary N) is 1. The quantitative estimate of drug-likeness (QED) is 0.703. The number of hydrogen-bond acceptors (Lipinski definition) is 3. The second-order valence-corrected chi connectivity index (χ2v) is 4.45. The summed E-state index contributed by atoms with van der Waals surface area (Å²) in [6, 6.07) is -1.40. The zero-order chi connectivity index (χ0) is 12.9. The highest BCUT2D eigenvalue weighted by molar-refractivity contribution is 5.86. The van der Waals surface area contributed by atoms with Gasteiger partial charge in [-0.2, -0.15) is 0 Å². The fraction of sp³-hybridized carbons (Fsp3) is 0.818.